The fraction of sp³-hybridized carbons (Fsp3) is 0.308. The van der Waals surface area contributed by atoms with E-state index in [-0.39, 0.29) is 24.0 Å². The molecule has 160 valence electrons. The van der Waals surface area contributed by atoms with Crippen LogP contribution in [0, 0.1) is 6.92 Å². The summed E-state index contributed by atoms with van der Waals surface area (Å²) >= 11 is 0. The highest BCUT2D eigenvalue weighted by Gasteiger charge is 2.35. The van der Waals surface area contributed by atoms with Crippen LogP contribution < -0.4 is 4.74 Å². The molecule has 5 nitrogen and oxygen atoms in total. The summed E-state index contributed by atoms with van der Waals surface area (Å²) in [6.45, 7) is 8.46. The number of aryl methyl sites for hydroxylation is 1. The molecule has 3 aromatic rings. The van der Waals surface area contributed by atoms with Gasteiger partial charge in [0.2, 0.25) is 0 Å². The van der Waals surface area contributed by atoms with E-state index in [4.69, 9.17) is 9.15 Å². The Morgan fingerprint density at radius 1 is 1.10 bits per heavy atom. The fourth-order valence-corrected chi connectivity index (χ4v) is 3.63. The number of hydrazone groups is 1. The van der Waals surface area contributed by atoms with Crippen molar-refractivity contribution in [2.24, 2.45) is 5.10 Å². The van der Waals surface area contributed by atoms with Gasteiger partial charge in [0.25, 0.3) is 5.91 Å². The SMILES string of the molecule is Cc1ccc(C2=NN(C(=O)COc3ccc(C(C)(C)C)cc3)[C@@H](c3ccco3)C2)cc1. The van der Waals surface area contributed by atoms with Gasteiger partial charge in [-0.1, -0.05) is 62.7 Å². The van der Waals surface area contributed by atoms with Crippen LogP contribution in [0.1, 0.15) is 55.7 Å². The molecule has 0 fully saturated rings. The molecule has 1 aliphatic rings. The summed E-state index contributed by atoms with van der Waals surface area (Å²) in [5, 5.41) is 6.14. The van der Waals surface area contributed by atoms with E-state index < -0.39 is 0 Å². The van der Waals surface area contributed by atoms with Crippen molar-refractivity contribution in [2.75, 3.05) is 6.61 Å². The average molecular weight is 417 g/mol. The maximum absolute atomic E-state index is 13.0. The fourth-order valence-electron chi connectivity index (χ4n) is 3.63. The lowest BCUT2D eigenvalue weighted by Crippen LogP contribution is -2.31. The van der Waals surface area contributed by atoms with Gasteiger partial charge in [-0.2, -0.15) is 5.10 Å². The lowest BCUT2D eigenvalue weighted by Gasteiger charge is -2.21. The van der Waals surface area contributed by atoms with E-state index in [1.807, 2.05) is 55.5 Å². The zero-order chi connectivity index (χ0) is 22.0. The molecule has 1 atom stereocenters. The molecule has 0 saturated carbocycles. The van der Waals surface area contributed by atoms with Crippen molar-refractivity contribution in [3.05, 3.63) is 89.4 Å². The molecule has 5 heteroatoms. The summed E-state index contributed by atoms with van der Waals surface area (Å²) in [7, 11) is 0. The molecule has 1 aromatic heterocycles. The Bertz CT molecular complexity index is 1060. The lowest BCUT2D eigenvalue weighted by atomic mass is 9.87. The Balaban J connectivity index is 1.50. The first-order valence-corrected chi connectivity index (χ1v) is 10.5. The Hall–Kier alpha value is -3.34. The van der Waals surface area contributed by atoms with Gasteiger partial charge in [0.1, 0.15) is 17.6 Å². The van der Waals surface area contributed by atoms with Gasteiger partial charge in [-0.05, 0) is 47.7 Å². The second-order valence-electron chi connectivity index (χ2n) is 8.95. The first-order chi connectivity index (χ1) is 14.8. The van der Waals surface area contributed by atoms with Crippen molar-refractivity contribution < 1.29 is 13.9 Å². The van der Waals surface area contributed by atoms with Gasteiger partial charge in [-0.3, -0.25) is 4.79 Å². The van der Waals surface area contributed by atoms with Crippen molar-refractivity contribution in [1.82, 2.24) is 5.01 Å². The first-order valence-electron chi connectivity index (χ1n) is 10.5. The number of rotatable bonds is 5. The van der Waals surface area contributed by atoms with Crippen molar-refractivity contribution in [1.29, 1.82) is 0 Å². The van der Waals surface area contributed by atoms with E-state index in [0.717, 1.165) is 11.3 Å². The van der Waals surface area contributed by atoms with Crippen LogP contribution in [0.15, 0.2) is 76.4 Å². The smallest absolute Gasteiger partial charge is 0.281 e. The molecule has 2 aromatic carbocycles. The zero-order valence-electron chi connectivity index (χ0n) is 18.5. The predicted molar refractivity (Wildman–Crippen MR) is 121 cm³/mol. The van der Waals surface area contributed by atoms with Crippen molar-refractivity contribution in [3.63, 3.8) is 0 Å². The molecule has 1 aliphatic heterocycles. The van der Waals surface area contributed by atoms with Gasteiger partial charge in [0.15, 0.2) is 6.61 Å². The van der Waals surface area contributed by atoms with Crippen LogP contribution in [0.5, 0.6) is 5.75 Å². The minimum Gasteiger partial charge on any atom is -0.484 e. The van der Waals surface area contributed by atoms with Gasteiger partial charge in [0.05, 0.1) is 12.0 Å². The molecular weight excluding hydrogens is 388 g/mol. The summed E-state index contributed by atoms with van der Waals surface area (Å²) in [4.78, 5) is 13.0. The average Bonchev–Trinajstić information content (AvgIpc) is 3.42. The van der Waals surface area contributed by atoms with Crippen LogP contribution in [0.4, 0.5) is 0 Å². The van der Waals surface area contributed by atoms with Gasteiger partial charge < -0.3 is 9.15 Å². The number of carbonyl (C=O) groups is 1. The van der Waals surface area contributed by atoms with Crippen molar-refractivity contribution in [2.45, 2.75) is 45.6 Å². The molecular formula is C26H28N2O3. The molecule has 1 amide bonds. The number of carbonyl (C=O) groups excluding carboxylic acids is 1. The van der Waals surface area contributed by atoms with Crippen LogP contribution in [-0.2, 0) is 10.2 Å². The maximum Gasteiger partial charge on any atom is 0.281 e. The van der Waals surface area contributed by atoms with E-state index in [9.17, 15) is 4.79 Å². The van der Waals surface area contributed by atoms with Gasteiger partial charge in [-0.15, -0.1) is 0 Å². The van der Waals surface area contributed by atoms with Gasteiger partial charge >= 0.3 is 0 Å². The number of ether oxygens (including phenoxy) is 1. The summed E-state index contributed by atoms with van der Waals surface area (Å²) in [5.41, 5.74) is 4.35. The number of hydrogen-bond acceptors (Lipinski definition) is 4. The van der Waals surface area contributed by atoms with Gasteiger partial charge in [-0.25, -0.2) is 5.01 Å². The molecule has 0 saturated heterocycles. The Labute approximate surface area is 183 Å². The molecule has 31 heavy (non-hydrogen) atoms. The second-order valence-corrected chi connectivity index (χ2v) is 8.95. The number of nitrogens with zero attached hydrogens (tertiary/aromatic N) is 2. The molecule has 0 aliphatic carbocycles. The Kier molecular flexibility index (Phi) is 5.68. The van der Waals surface area contributed by atoms with Crippen LogP contribution >= 0.6 is 0 Å². The topological polar surface area (TPSA) is 55.0 Å². The Morgan fingerprint density at radius 3 is 2.42 bits per heavy atom. The molecule has 0 spiro atoms. The van der Waals surface area contributed by atoms with Gasteiger partial charge in [0, 0.05) is 6.42 Å². The van der Waals surface area contributed by atoms with E-state index >= 15 is 0 Å². The molecule has 0 radical (unpaired) electrons. The standard InChI is InChI=1S/C26H28N2O3/c1-18-7-9-19(10-8-18)22-16-23(24-6-5-15-30-24)28(27-22)25(29)17-31-21-13-11-20(12-14-21)26(2,3)4/h5-15,23H,16-17H2,1-4H3/t23-/m1/s1. The third-order valence-corrected chi connectivity index (χ3v) is 5.50. The summed E-state index contributed by atoms with van der Waals surface area (Å²) in [5.74, 6) is 1.18. The van der Waals surface area contributed by atoms with E-state index in [0.29, 0.717) is 17.9 Å². The monoisotopic (exact) mass is 416 g/mol. The minimum atomic E-state index is -0.273. The third kappa shape index (κ3) is 4.71. The molecule has 0 N–H and O–H groups in total. The maximum atomic E-state index is 13.0. The van der Waals surface area contributed by atoms with Crippen molar-refractivity contribution in [3.8, 4) is 5.75 Å². The molecule has 0 bridgehead atoms. The number of benzene rings is 2. The summed E-state index contributed by atoms with van der Waals surface area (Å²) in [6, 6.07) is 19.5. The lowest BCUT2D eigenvalue weighted by molar-refractivity contribution is -0.135. The predicted octanol–water partition coefficient (Wildman–Crippen LogP) is 5.64. The van der Waals surface area contributed by atoms with E-state index in [2.05, 4.69) is 38.0 Å². The molecule has 0 unspecified atom stereocenters. The highest BCUT2D eigenvalue weighted by molar-refractivity contribution is 6.03. The van der Waals surface area contributed by atoms with Crippen LogP contribution in [0.2, 0.25) is 0 Å². The normalized spacial score (nSPS) is 16.3. The van der Waals surface area contributed by atoms with Crippen LogP contribution in [-0.4, -0.2) is 23.2 Å². The van der Waals surface area contributed by atoms with E-state index in [1.54, 1.807) is 6.26 Å². The third-order valence-electron chi connectivity index (χ3n) is 5.50. The highest BCUT2D eigenvalue weighted by Crippen LogP contribution is 2.33. The number of amides is 1. The van der Waals surface area contributed by atoms with Crippen LogP contribution in [0.25, 0.3) is 0 Å². The highest BCUT2D eigenvalue weighted by atomic mass is 16.5. The second kappa shape index (κ2) is 8.42. The number of hydrogen-bond donors (Lipinski definition) is 0. The van der Waals surface area contributed by atoms with Crippen molar-refractivity contribution >= 4 is 11.6 Å². The van der Waals surface area contributed by atoms with E-state index in [1.165, 1.54) is 16.1 Å². The first kappa shape index (κ1) is 20.9. The van der Waals surface area contributed by atoms with Crippen LogP contribution in [0.3, 0.4) is 0 Å². The zero-order valence-corrected chi connectivity index (χ0v) is 18.5. The number of furan rings is 1. The largest absolute Gasteiger partial charge is 0.484 e. The molecule has 4 rings (SSSR count). The molecule has 2 heterocycles. The minimum absolute atomic E-state index is 0.0707. The quantitative estimate of drug-likeness (QED) is 0.541. The summed E-state index contributed by atoms with van der Waals surface area (Å²) in [6.07, 6.45) is 2.22. The Morgan fingerprint density at radius 2 is 1.81 bits per heavy atom. The summed E-state index contributed by atoms with van der Waals surface area (Å²) < 4.78 is 11.4.